The summed E-state index contributed by atoms with van der Waals surface area (Å²) in [6.07, 6.45) is 0. The molecule has 3 rings (SSSR count). The molecule has 27 heavy (non-hydrogen) atoms. The topological polar surface area (TPSA) is 76.1 Å². The van der Waals surface area contributed by atoms with Crippen LogP contribution in [0.4, 0.5) is 17.3 Å². The summed E-state index contributed by atoms with van der Waals surface area (Å²) in [7, 11) is 1.57. The molecule has 3 aromatic rings. The highest BCUT2D eigenvalue weighted by atomic mass is 35.5. The van der Waals surface area contributed by atoms with E-state index >= 15 is 0 Å². The van der Waals surface area contributed by atoms with Crippen LogP contribution in [0, 0.1) is 13.8 Å². The van der Waals surface area contributed by atoms with Crippen molar-refractivity contribution in [2.75, 3.05) is 17.7 Å². The van der Waals surface area contributed by atoms with Crippen LogP contribution in [0.3, 0.4) is 0 Å². The first-order valence-electron chi connectivity index (χ1n) is 8.29. The van der Waals surface area contributed by atoms with Crippen molar-refractivity contribution in [3.8, 4) is 5.75 Å². The Labute approximate surface area is 162 Å². The molecule has 2 N–H and O–H groups in total. The van der Waals surface area contributed by atoms with Crippen LogP contribution >= 0.6 is 11.6 Å². The van der Waals surface area contributed by atoms with Crippen molar-refractivity contribution in [3.63, 3.8) is 0 Å². The number of rotatable bonds is 5. The molecule has 0 spiro atoms. The summed E-state index contributed by atoms with van der Waals surface area (Å²) in [6.45, 7) is 3.73. The van der Waals surface area contributed by atoms with Gasteiger partial charge in [0.1, 0.15) is 11.4 Å². The molecule has 0 saturated carbocycles. The van der Waals surface area contributed by atoms with Gasteiger partial charge in [-0.15, -0.1) is 0 Å². The molecule has 0 atom stereocenters. The molecule has 7 heteroatoms. The van der Waals surface area contributed by atoms with Gasteiger partial charge in [-0.05, 0) is 49.7 Å². The molecule has 0 unspecified atom stereocenters. The molecule has 0 aliphatic heterocycles. The van der Waals surface area contributed by atoms with Gasteiger partial charge in [0.25, 0.3) is 5.91 Å². The van der Waals surface area contributed by atoms with Gasteiger partial charge in [-0.3, -0.25) is 4.79 Å². The van der Waals surface area contributed by atoms with Crippen molar-refractivity contribution in [2.24, 2.45) is 0 Å². The average Bonchev–Trinajstić information content (AvgIpc) is 2.64. The Balaban J connectivity index is 1.81. The predicted molar refractivity (Wildman–Crippen MR) is 107 cm³/mol. The minimum absolute atomic E-state index is 0.256. The van der Waals surface area contributed by atoms with E-state index in [-0.39, 0.29) is 11.6 Å². The predicted octanol–water partition coefficient (Wildman–Crippen LogP) is 4.75. The Hall–Kier alpha value is -3.12. The van der Waals surface area contributed by atoms with Crippen molar-refractivity contribution in [1.82, 2.24) is 9.97 Å². The maximum absolute atomic E-state index is 12.6. The molecular weight excluding hydrogens is 364 g/mol. The number of nitrogens with one attached hydrogen (secondary N) is 2. The molecule has 0 saturated heterocycles. The molecule has 0 aliphatic carbocycles. The second-order valence-electron chi connectivity index (χ2n) is 5.99. The summed E-state index contributed by atoms with van der Waals surface area (Å²) >= 11 is 6.15. The summed E-state index contributed by atoms with van der Waals surface area (Å²) in [5.74, 6) is 0.648. The van der Waals surface area contributed by atoms with Gasteiger partial charge >= 0.3 is 0 Å². The third-order valence-corrected chi connectivity index (χ3v) is 4.25. The van der Waals surface area contributed by atoms with Crippen LogP contribution in [-0.2, 0) is 0 Å². The van der Waals surface area contributed by atoms with E-state index in [0.29, 0.717) is 28.1 Å². The number of aryl methyl sites for hydroxylation is 2. The molecule has 0 radical (unpaired) electrons. The third kappa shape index (κ3) is 4.74. The van der Waals surface area contributed by atoms with Crippen LogP contribution in [0.1, 0.15) is 21.7 Å². The van der Waals surface area contributed by atoms with Crippen molar-refractivity contribution < 1.29 is 9.53 Å². The summed E-state index contributed by atoms with van der Waals surface area (Å²) in [6, 6.07) is 14.3. The average molecular weight is 383 g/mol. The van der Waals surface area contributed by atoms with Crippen molar-refractivity contribution in [3.05, 3.63) is 70.5 Å². The van der Waals surface area contributed by atoms with Gasteiger partial charge < -0.3 is 15.4 Å². The molecule has 2 aromatic carbocycles. The summed E-state index contributed by atoms with van der Waals surface area (Å²) < 4.78 is 5.17. The number of hydrogen-bond donors (Lipinski definition) is 2. The van der Waals surface area contributed by atoms with Crippen molar-refractivity contribution in [1.29, 1.82) is 0 Å². The number of carbonyl (C=O) groups excluding carboxylic acids is 1. The number of ether oxygens (including phenoxy) is 1. The maximum Gasteiger partial charge on any atom is 0.274 e. The van der Waals surface area contributed by atoms with Crippen LogP contribution < -0.4 is 15.4 Å². The zero-order valence-electron chi connectivity index (χ0n) is 15.2. The lowest BCUT2D eigenvalue weighted by atomic mass is 10.2. The lowest BCUT2D eigenvalue weighted by Gasteiger charge is -2.10. The number of halogens is 1. The molecular formula is C20H19ClN4O2. The standard InChI is InChI=1S/C20H19ClN4O2/c1-12-7-8-15(11-17(12)21)24-20-22-13(2)9-18(25-20)19(26)23-14-5-4-6-16(10-14)27-3/h4-11H,1-3H3,(H,23,26)(H,22,24,25). The van der Waals surface area contributed by atoms with Crippen LogP contribution in [0.15, 0.2) is 48.5 Å². The van der Waals surface area contributed by atoms with E-state index in [0.717, 1.165) is 11.3 Å². The van der Waals surface area contributed by atoms with Crippen molar-refractivity contribution >= 4 is 34.8 Å². The smallest absolute Gasteiger partial charge is 0.274 e. The van der Waals surface area contributed by atoms with Gasteiger partial charge in [0.2, 0.25) is 5.95 Å². The largest absolute Gasteiger partial charge is 0.497 e. The molecule has 1 amide bonds. The maximum atomic E-state index is 12.6. The van der Waals surface area contributed by atoms with Gasteiger partial charge in [0, 0.05) is 28.2 Å². The number of amides is 1. The van der Waals surface area contributed by atoms with Crippen LogP contribution in [-0.4, -0.2) is 23.0 Å². The molecule has 0 aliphatic rings. The summed E-state index contributed by atoms with van der Waals surface area (Å²) in [4.78, 5) is 21.2. The number of methoxy groups -OCH3 is 1. The van der Waals surface area contributed by atoms with Gasteiger partial charge in [0.15, 0.2) is 0 Å². The molecule has 1 aromatic heterocycles. The lowest BCUT2D eigenvalue weighted by molar-refractivity contribution is 0.102. The highest BCUT2D eigenvalue weighted by molar-refractivity contribution is 6.31. The minimum Gasteiger partial charge on any atom is -0.497 e. The van der Waals surface area contributed by atoms with E-state index in [9.17, 15) is 4.79 Å². The second kappa shape index (κ2) is 8.05. The van der Waals surface area contributed by atoms with Gasteiger partial charge in [-0.2, -0.15) is 0 Å². The number of aromatic nitrogens is 2. The fourth-order valence-electron chi connectivity index (χ4n) is 2.44. The SMILES string of the molecule is COc1cccc(NC(=O)c2cc(C)nc(Nc3ccc(C)c(Cl)c3)n2)c1. The first-order valence-corrected chi connectivity index (χ1v) is 8.66. The van der Waals surface area contributed by atoms with Crippen LogP contribution in [0.2, 0.25) is 5.02 Å². The third-order valence-electron chi connectivity index (χ3n) is 3.84. The minimum atomic E-state index is -0.334. The van der Waals surface area contributed by atoms with Crippen LogP contribution in [0.25, 0.3) is 0 Å². The molecule has 0 fully saturated rings. The zero-order chi connectivity index (χ0) is 19.4. The second-order valence-corrected chi connectivity index (χ2v) is 6.40. The van der Waals surface area contributed by atoms with E-state index in [2.05, 4.69) is 20.6 Å². The molecule has 6 nitrogen and oxygen atoms in total. The molecule has 1 heterocycles. The Morgan fingerprint density at radius 1 is 1.04 bits per heavy atom. The quantitative estimate of drug-likeness (QED) is 0.665. The highest BCUT2D eigenvalue weighted by Crippen LogP contribution is 2.22. The fraction of sp³-hybridized carbons (Fsp3) is 0.150. The normalized spacial score (nSPS) is 10.4. The molecule has 138 valence electrons. The zero-order valence-corrected chi connectivity index (χ0v) is 16.0. The van der Waals surface area contributed by atoms with E-state index in [1.165, 1.54) is 0 Å². The van der Waals surface area contributed by atoms with Gasteiger partial charge in [0.05, 0.1) is 7.11 Å². The number of hydrogen-bond acceptors (Lipinski definition) is 5. The summed E-state index contributed by atoms with van der Waals surface area (Å²) in [5, 5.41) is 6.54. The van der Waals surface area contributed by atoms with Crippen LogP contribution in [0.5, 0.6) is 5.75 Å². The lowest BCUT2D eigenvalue weighted by Crippen LogP contribution is -2.15. The number of anilines is 3. The molecule has 0 bridgehead atoms. The van der Waals surface area contributed by atoms with Gasteiger partial charge in [-0.1, -0.05) is 23.7 Å². The fourth-order valence-corrected chi connectivity index (χ4v) is 2.62. The first-order chi connectivity index (χ1) is 12.9. The van der Waals surface area contributed by atoms with E-state index < -0.39 is 0 Å². The highest BCUT2D eigenvalue weighted by Gasteiger charge is 2.12. The Morgan fingerprint density at radius 2 is 1.85 bits per heavy atom. The Morgan fingerprint density at radius 3 is 2.59 bits per heavy atom. The van der Waals surface area contributed by atoms with Gasteiger partial charge in [-0.25, -0.2) is 9.97 Å². The number of nitrogens with zero attached hydrogens (tertiary/aromatic N) is 2. The Kier molecular flexibility index (Phi) is 5.57. The first kappa shape index (κ1) is 18.7. The number of carbonyl (C=O) groups is 1. The Bertz CT molecular complexity index is 991. The van der Waals surface area contributed by atoms with Crippen molar-refractivity contribution in [2.45, 2.75) is 13.8 Å². The van der Waals surface area contributed by atoms with E-state index in [1.807, 2.05) is 19.1 Å². The number of benzene rings is 2. The monoisotopic (exact) mass is 382 g/mol. The van der Waals surface area contributed by atoms with E-state index in [4.69, 9.17) is 16.3 Å². The van der Waals surface area contributed by atoms with E-state index in [1.54, 1.807) is 50.4 Å². The summed E-state index contributed by atoms with van der Waals surface area (Å²) in [5.41, 5.74) is 3.27.